The molecule has 0 unspecified atom stereocenters. The lowest BCUT2D eigenvalue weighted by molar-refractivity contribution is -0.107. The van der Waals surface area contributed by atoms with E-state index in [1.807, 2.05) is 19.1 Å². The van der Waals surface area contributed by atoms with Gasteiger partial charge in [0.2, 0.25) is 0 Å². The van der Waals surface area contributed by atoms with E-state index in [0.717, 1.165) is 58.4 Å². The highest BCUT2D eigenvalue weighted by Crippen LogP contribution is 2.01. The van der Waals surface area contributed by atoms with E-state index >= 15 is 0 Å². The Balaban J connectivity index is 3.00. The SMILES string of the molecule is CC=CCCOCCCCCCOCCC=CCC=O. The molecule has 0 rings (SSSR count). The Morgan fingerprint density at radius 1 is 0.750 bits per heavy atom. The van der Waals surface area contributed by atoms with E-state index in [9.17, 15) is 4.79 Å². The van der Waals surface area contributed by atoms with Crippen LogP contribution in [0.25, 0.3) is 0 Å². The van der Waals surface area contributed by atoms with Crippen molar-refractivity contribution in [1.82, 2.24) is 0 Å². The van der Waals surface area contributed by atoms with Crippen molar-refractivity contribution in [3.8, 4) is 0 Å². The van der Waals surface area contributed by atoms with Gasteiger partial charge in [0.25, 0.3) is 0 Å². The lowest BCUT2D eigenvalue weighted by atomic mass is 10.2. The maximum atomic E-state index is 10.1. The molecular formula is C17H30O3. The summed E-state index contributed by atoms with van der Waals surface area (Å²) < 4.78 is 11.0. The zero-order valence-corrected chi connectivity index (χ0v) is 12.9. The lowest BCUT2D eigenvalue weighted by Crippen LogP contribution is -1.98. The molecule has 0 aromatic carbocycles. The molecule has 0 saturated heterocycles. The molecule has 3 nitrogen and oxygen atoms in total. The van der Waals surface area contributed by atoms with E-state index in [2.05, 4.69) is 12.2 Å². The van der Waals surface area contributed by atoms with Gasteiger partial charge in [0.1, 0.15) is 6.29 Å². The van der Waals surface area contributed by atoms with Gasteiger partial charge in [-0.1, -0.05) is 37.1 Å². The number of ether oxygens (including phenoxy) is 2. The summed E-state index contributed by atoms with van der Waals surface area (Å²) in [4.78, 5) is 10.1. The minimum Gasteiger partial charge on any atom is -0.381 e. The maximum Gasteiger partial charge on any atom is 0.123 e. The summed E-state index contributed by atoms with van der Waals surface area (Å²) in [7, 11) is 0. The van der Waals surface area contributed by atoms with Crippen molar-refractivity contribution in [3.05, 3.63) is 24.3 Å². The number of carbonyl (C=O) groups is 1. The van der Waals surface area contributed by atoms with Crippen molar-refractivity contribution < 1.29 is 14.3 Å². The molecule has 0 radical (unpaired) electrons. The predicted octanol–water partition coefficient (Wildman–Crippen LogP) is 4.08. The van der Waals surface area contributed by atoms with Gasteiger partial charge in [-0.2, -0.15) is 0 Å². The van der Waals surface area contributed by atoms with Crippen LogP contribution >= 0.6 is 0 Å². The molecule has 20 heavy (non-hydrogen) atoms. The Kier molecular flexibility index (Phi) is 17.2. The first-order valence-corrected chi connectivity index (χ1v) is 7.77. The van der Waals surface area contributed by atoms with E-state index in [0.29, 0.717) is 6.42 Å². The van der Waals surface area contributed by atoms with Crippen molar-refractivity contribution in [2.45, 2.75) is 51.9 Å². The summed E-state index contributed by atoms with van der Waals surface area (Å²) in [5, 5.41) is 0. The molecule has 0 aliphatic rings. The van der Waals surface area contributed by atoms with Crippen LogP contribution in [0.15, 0.2) is 24.3 Å². The van der Waals surface area contributed by atoms with Gasteiger partial charge >= 0.3 is 0 Å². The molecule has 0 saturated carbocycles. The van der Waals surface area contributed by atoms with Crippen molar-refractivity contribution in [2.75, 3.05) is 26.4 Å². The van der Waals surface area contributed by atoms with Crippen LogP contribution in [0.3, 0.4) is 0 Å². The second kappa shape index (κ2) is 18.1. The smallest absolute Gasteiger partial charge is 0.123 e. The zero-order valence-electron chi connectivity index (χ0n) is 12.9. The highest BCUT2D eigenvalue weighted by atomic mass is 16.5. The number of carbonyl (C=O) groups excluding carboxylic acids is 1. The quantitative estimate of drug-likeness (QED) is 0.258. The Hall–Kier alpha value is -0.930. The van der Waals surface area contributed by atoms with Gasteiger partial charge in [-0.3, -0.25) is 0 Å². The van der Waals surface area contributed by atoms with Crippen LogP contribution in [0.5, 0.6) is 0 Å². The Morgan fingerprint density at radius 3 is 1.90 bits per heavy atom. The van der Waals surface area contributed by atoms with Gasteiger partial charge in [-0.05, 0) is 32.6 Å². The van der Waals surface area contributed by atoms with Gasteiger partial charge in [-0.15, -0.1) is 0 Å². The number of unbranched alkanes of at least 4 members (excludes halogenated alkanes) is 3. The highest BCUT2D eigenvalue weighted by molar-refractivity contribution is 5.51. The fraction of sp³-hybridized carbons (Fsp3) is 0.706. The van der Waals surface area contributed by atoms with Crippen LogP contribution in [0, 0.1) is 0 Å². The van der Waals surface area contributed by atoms with Crippen molar-refractivity contribution >= 4 is 6.29 Å². The molecule has 0 spiro atoms. The van der Waals surface area contributed by atoms with E-state index in [1.54, 1.807) is 0 Å². The average molecular weight is 282 g/mol. The van der Waals surface area contributed by atoms with Crippen LogP contribution in [-0.2, 0) is 14.3 Å². The molecule has 0 aliphatic carbocycles. The number of hydrogen-bond donors (Lipinski definition) is 0. The first-order chi connectivity index (χ1) is 9.91. The highest BCUT2D eigenvalue weighted by Gasteiger charge is 1.92. The second-order valence-electron chi connectivity index (χ2n) is 4.66. The van der Waals surface area contributed by atoms with E-state index < -0.39 is 0 Å². The fourth-order valence-corrected chi connectivity index (χ4v) is 1.70. The largest absolute Gasteiger partial charge is 0.381 e. The zero-order chi connectivity index (χ0) is 14.7. The van der Waals surface area contributed by atoms with E-state index in [4.69, 9.17) is 9.47 Å². The molecule has 0 amide bonds. The molecular weight excluding hydrogens is 252 g/mol. The predicted molar refractivity (Wildman–Crippen MR) is 84.0 cm³/mol. The summed E-state index contributed by atoms with van der Waals surface area (Å²) in [5.74, 6) is 0. The molecule has 0 N–H and O–H groups in total. The van der Waals surface area contributed by atoms with Gasteiger partial charge in [-0.25, -0.2) is 0 Å². The standard InChI is InChI=1S/C17H30O3/c1-2-3-9-14-19-16-11-6-7-12-17-20-15-10-5-4-8-13-18/h2-5,13H,6-12,14-17H2,1H3. The Labute approximate surface area is 124 Å². The third-order valence-corrected chi connectivity index (χ3v) is 2.82. The molecule has 0 bridgehead atoms. The molecule has 0 aromatic heterocycles. The van der Waals surface area contributed by atoms with Crippen molar-refractivity contribution in [3.63, 3.8) is 0 Å². The summed E-state index contributed by atoms with van der Waals surface area (Å²) in [6.45, 7) is 5.33. The summed E-state index contributed by atoms with van der Waals surface area (Å²) >= 11 is 0. The maximum absolute atomic E-state index is 10.1. The number of allylic oxidation sites excluding steroid dienone is 2. The summed E-state index contributed by atoms with van der Waals surface area (Å²) in [5.41, 5.74) is 0. The first kappa shape index (κ1) is 19.1. The molecule has 0 fully saturated rings. The van der Waals surface area contributed by atoms with Gasteiger partial charge in [0.05, 0.1) is 13.2 Å². The second-order valence-corrected chi connectivity index (χ2v) is 4.66. The number of hydrogen-bond acceptors (Lipinski definition) is 3. The van der Waals surface area contributed by atoms with Gasteiger partial charge in [0.15, 0.2) is 0 Å². The molecule has 0 heterocycles. The van der Waals surface area contributed by atoms with E-state index in [1.165, 1.54) is 12.8 Å². The molecule has 3 heteroatoms. The number of aldehydes is 1. The van der Waals surface area contributed by atoms with E-state index in [-0.39, 0.29) is 0 Å². The third kappa shape index (κ3) is 17.1. The summed E-state index contributed by atoms with van der Waals surface area (Å²) in [6, 6.07) is 0. The van der Waals surface area contributed by atoms with Crippen LogP contribution in [0.2, 0.25) is 0 Å². The van der Waals surface area contributed by atoms with Crippen molar-refractivity contribution in [1.29, 1.82) is 0 Å². The molecule has 0 atom stereocenters. The Morgan fingerprint density at radius 2 is 1.35 bits per heavy atom. The first-order valence-electron chi connectivity index (χ1n) is 7.77. The monoisotopic (exact) mass is 282 g/mol. The van der Waals surface area contributed by atoms with Crippen molar-refractivity contribution in [2.24, 2.45) is 0 Å². The third-order valence-electron chi connectivity index (χ3n) is 2.82. The molecule has 0 aliphatic heterocycles. The van der Waals surface area contributed by atoms with Gasteiger partial charge < -0.3 is 14.3 Å². The van der Waals surface area contributed by atoms with Crippen LogP contribution in [0.4, 0.5) is 0 Å². The average Bonchev–Trinajstić information content (AvgIpc) is 2.47. The fourth-order valence-electron chi connectivity index (χ4n) is 1.70. The topological polar surface area (TPSA) is 35.5 Å². The van der Waals surface area contributed by atoms with Gasteiger partial charge in [0, 0.05) is 19.6 Å². The lowest BCUT2D eigenvalue weighted by Gasteiger charge is -2.04. The molecule has 116 valence electrons. The minimum absolute atomic E-state index is 0.511. The van der Waals surface area contributed by atoms with Crippen LogP contribution in [0.1, 0.15) is 51.9 Å². The van der Waals surface area contributed by atoms with Crippen LogP contribution < -0.4 is 0 Å². The number of rotatable bonds is 15. The normalized spacial score (nSPS) is 11.7. The molecule has 0 aromatic rings. The minimum atomic E-state index is 0.511. The Bertz CT molecular complexity index is 247. The summed E-state index contributed by atoms with van der Waals surface area (Å²) in [6.07, 6.45) is 16.1. The van der Waals surface area contributed by atoms with Crippen LogP contribution in [-0.4, -0.2) is 32.7 Å².